The minimum absolute atomic E-state index is 0.0585. The highest BCUT2D eigenvalue weighted by Crippen LogP contribution is 2.44. The molecule has 3 amide bonds. The summed E-state index contributed by atoms with van der Waals surface area (Å²) in [5.74, 6) is 2.23. The molecule has 4 aliphatic heterocycles. The molecule has 0 bridgehead atoms. The Morgan fingerprint density at radius 1 is 0.613 bits per heavy atom. The van der Waals surface area contributed by atoms with E-state index in [0.717, 1.165) is 102 Å². The van der Waals surface area contributed by atoms with Gasteiger partial charge in [0.1, 0.15) is 40.3 Å². The van der Waals surface area contributed by atoms with Crippen molar-refractivity contribution in [1.29, 1.82) is 0 Å². The Hall–Kier alpha value is -6.81. The van der Waals surface area contributed by atoms with Gasteiger partial charge in [0, 0.05) is 114 Å². The van der Waals surface area contributed by atoms with Crippen LogP contribution in [-0.2, 0) is 14.3 Å². The predicted octanol–water partition coefficient (Wildman–Crippen LogP) is 8.97. The number of aryl methyl sites for hydroxylation is 2. The van der Waals surface area contributed by atoms with E-state index in [1.165, 1.54) is 40.9 Å². The van der Waals surface area contributed by atoms with Gasteiger partial charge in [-0.05, 0) is 156 Å². The summed E-state index contributed by atoms with van der Waals surface area (Å²) in [5.41, 5.74) is 12.9. The number of ether oxygens (including phenoxy) is 3. The summed E-state index contributed by atoms with van der Waals surface area (Å²) >= 11 is 0. The Balaban J connectivity index is 0.000000163. The third-order valence-electron chi connectivity index (χ3n) is 15.9. The Labute approximate surface area is 440 Å². The van der Waals surface area contributed by atoms with Gasteiger partial charge < -0.3 is 54.0 Å². The van der Waals surface area contributed by atoms with E-state index in [-0.39, 0.29) is 42.0 Å². The molecular weight excluding hydrogens is 945 g/mol. The fourth-order valence-electron chi connectivity index (χ4n) is 11.3. The van der Waals surface area contributed by atoms with E-state index in [0.29, 0.717) is 51.1 Å². The first kappa shape index (κ1) is 50.4. The molecular formula is C59H74N10O6. The average Bonchev–Trinajstić information content (AvgIpc) is 4.22. The standard InChI is InChI=1S/C32H41N5O4.C27H33N5O2/c1-20-14-22(6-9-27(20)35-10-12-36(13-11-35)31(39)41-32(3,4)5)23-15-26-30(37(19-34-26)25-7-8-25)28(16-23)40-21(2)24-17-29(38)33-18-24;1-17-11-19(3-6-24(17)31-9-7-28-8-10-31)20-12-23-27(32(16-30-23)22-4-5-22)25(13-20)34-18(2)21-14-26(33)29-15-21/h6,9,14-16,19,21,24-25H,7-8,10-13,17-18H2,1-5H3,(H,33,38);3,6,11-13,16,18,21-22,28H,4-5,7-10,14-15H2,1-2H3,(H,29,33)/t21-,24-;18-,21-/m11/s1. The van der Waals surface area contributed by atoms with Crippen molar-refractivity contribution in [3.63, 3.8) is 0 Å². The van der Waals surface area contributed by atoms with Gasteiger partial charge in [0.15, 0.2) is 0 Å². The lowest BCUT2D eigenvalue weighted by Gasteiger charge is -2.37. The smallest absolute Gasteiger partial charge is 0.410 e. The number of hydrogen-bond acceptors (Lipinski definition) is 11. The second-order valence-electron chi connectivity index (χ2n) is 22.8. The largest absolute Gasteiger partial charge is 0.488 e. The van der Waals surface area contributed by atoms with Crippen molar-refractivity contribution in [2.24, 2.45) is 11.8 Å². The molecule has 75 heavy (non-hydrogen) atoms. The first-order valence-electron chi connectivity index (χ1n) is 27.4. The van der Waals surface area contributed by atoms with E-state index in [1.807, 2.05) is 33.4 Å². The number of nitrogens with zero attached hydrogens (tertiary/aromatic N) is 7. The zero-order chi connectivity index (χ0) is 52.1. The SMILES string of the molecule is Cc1cc(-c2cc(O[C@H](C)[C@H]3CNC(=O)C3)c3c(c2)ncn3C2CC2)ccc1N1CCN(C(=O)OC(C)(C)C)CC1.Cc1cc(-c2cc(O[C@H](C)[C@H]3CNC(=O)C3)c3c(c2)ncn3C2CC2)ccc1N1CCNCC1. The molecule has 16 nitrogen and oxygen atoms in total. The van der Waals surface area contributed by atoms with Crippen LogP contribution in [0.15, 0.2) is 73.3 Å². The van der Waals surface area contributed by atoms with Crippen molar-refractivity contribution in [3.8, 4) is 33.8 Å². The summed E-state index contributed by atoms with van der Waals surface area (Å²) in [6, 6.07) is 23.0. The number of aromatic nitrogens is 4. The fourth-order valence-corrected chi connectivity index (χ4v) is 11.3. The van der Waals surface area contributed by atoms with Crippen molar-refractivity contribution in [2.75, 3.05) is 75.2 Å². The molecule has 6 aromatic rings. The van der Waals surface area contributed by atoms with E-state index in [4.69, 9.17) is 24.2 Å². The fraction of sp³-hybridized carbons (Fsp3) is 0.508. The number of benzene rings is 4. The van der Waals surface area contributed by atoms with Crippen LogP contribution in [0, 0.1) is 25.7 Å². The highest BCUT2D eigenvalue weighted by atomic mass is 16.6. The molecule has 4 atom stereocenters. The van der Waals surface area contributed by atoms with E-state index in [2.05, 4.69) is 123 Å². The quantitative estimate of drug-likeness (QED) is 0.107. The molecule has 3 N–H and O–H groups in total. The summed E-state index contributed by atoms with van der Waals surface area (Å²) in [7, 11) is 0. The van der Waals surface area contributed by atoms with Crippen molar-refractivity contribution >= 4 is 51.3 Å². The Kier molecular flexibility index (Phi) is 13.9. The van der Waals surface area contributed by atoms with Crippen LogP contribution in [0.25, 0.3) is 44.3 Å². The molecule has 0 unspecified atom stereocenters. The number of anilines is 2. The van der Waals surface area contributed by atoms with Gasteiger partial charge >= 0.3 is 6.09 Å². The zero-order valence-corrected chi connectivity index (χ0v) is 44.8. The van der Waals surface area contributed by atoms with E-state index >= 15 is 0 Å². The molecule has 2 aromatic heterocycles. The number of carbonyl (C=O) groups is 3. The van der Waals surface area contributed by atoms with Crippen LogP contribution in [0.2, 0.25) is 0 Å². The zero-order valence-electron chi connectivity index (χ0n) is 44.8. The third kappa shape index (κ3) is 11.1. The highest BCUT2D eigenvalue weighted by molar-refractivity contribution is 5.90. The first-order chi connectivity index (χ1) is 36.1. The van der Waals surface area contributed by atoms with Crippen LogP contribution >= 0.6 is 0 Å². The lowest BCUT2D eigenvalue weighted by atomic mass is 10.00. The summed E-state index contributed by atoms with van der Waals surface area (Å²) in [5, 5.41) is 9.30. The van der Waals surface area contributed by atoms with Gasteiger partial charge in [0.2, 0.25) is 11.8 Å². The molecule has 16 heteroatoms. The minimum Gasteiger partial charge on any atom is -0.488 e. The number of carbonyl (C=O) groups excluding carboxylic acids is 3. The van der Waals surface area contributed by atoms with Gasteiger partial charge in [-0.15, -0.1) is 0 Å². The number of piperazine rings is 2. The second-order valence-corrected chi connectivity index (χ2v) is 22.8. The lowest BCUT2D eigenvalue weighted by Crippen LogP contribution is -2.50. The Morgan fingerprint density at radius 2 is 1.07 bits per heavy atom. The van der Waals surface area contributed by atoms with Gasteiger partial charge in [-0.2, -0.15) is 0 Å². The lowest BCUT2D eigenvalue weighted by molar-refractivity contribution is -0.120. The molecule has 6 aliphatic rings. The first-order valence-corrected chi connectivity index (χ1v) is 27.4. The molecule has 396 valence electrons. The molecule has 12 rings (SSSR count). The van der Waals surface area contributed by atoms with E-state index in [9.17, 15) is 14.4 Å². The van der Waals surface area contributed by atoms with Gasteiger partial charge in [0.05, 0.1) is 23.7 Å². The van der Waals surface area contributed by atoms with Crippen LogP contribution < -0.4 is 35.2 Å². The topological polar surface area (TPSA) is 160 Å². The third-order valence-corrected chi connectivity index (χ3v) is 15.9. The van der Waals surface area contributed by atoms with Crippen molar-refractivity contribution in [1.82, 2.24) is 40.0 Å². The van der Waals surface area contributed by atoms with E-state index in [1.54, 1.807) is 4.90 Å². The maximum absolute atomic E-state index is 12.5. The van der Waals surface area contributed by atoms with Gasteiger partial charge in [-0.25, -0.2) is 14.8 Å². The number of rotatable bonds is 12. The van der Waals surface area contributed by atoms with Crippen LogP contribution in [0.5, 0.6) is 11.5 Å². The molecule has 0 spiro atoms. The normalized spacial score (nSPS) is 20.9. The van der Waals surface area contributed by atoms with Gasteiger partial charge in [-0.3, -0.25) is 9.59 Å². The van der Waals surface area contributed by atoms with Crippen LogP contribution in [0.3, 0.4) is 0 Å². The number of imidazole rings is 2. The summed E-state index contributed by atoms with van der Waals surface area (Å²) in [6.45, 7) is 22.4. The predicted molar refractivity (Wildman–Crippen MR) is 294 cm³/mol. The molecule has 2 saturated carbocycles. The molecule has 4 saturated heterocycles. The Morgan fingerprint density at radius 3 is 1.47 bits per heavy atom. The molecule has 4 aromatic carbocycles. The maximum atomic E-state index is 12.5. The number of fused-ring (bicyclic) bond motifs is 2. The van der Waals surface area contributed by atoms with Crippen LogP contribution in [-0.4, -0.2) is 125 Å². The summed E-state index contributed by atoms with van der Waals surface area (Å²) in [4.78, 5) is 52.2. The van der Waals surface area contributed by atoms with E-state index < -0.39 is 5.60 Å². The second kappa shape index (κ2) is 20.7. The number of amides is 3. The monoisotopic (exact) mass is 1020 g/mol. The number of hydrogen-bond donors (Lipinski definition) is 3. The van der Waals surface area contributed by atoms with Gasteiger partial charge in [-0.1, -0.05) is 12.1 Å². The van der Waals surface area contributed by atoms with Crippen molar-refractivity contribution in [3.05, 3.63) is 84.4 Å². The summed E-state index contributed by atoms with van der Waals surface area (Å²) in [6.07, 6.45) is 9.23. The van der Waals surface area contributed by atoms with Crippen molar-refractivity contribution < 1.29 is 28.6 Å². The number of nitrogens with one attached hydrogen (secondary N) is 3. The molecule has 2 aliphatic carbocycles. The van der Waals surface area contributed by atoms with Gasteiger partial charge in [0.25, 0.3) is 0 Å². The maximum Gasteiger partial charge on any atom is 0.410 e. The molecule has 6 heterocycles. The average molecular weight is 1020 g/mol. The molecule has 0 radical (unpaired) electrons. The van der Waals surface area contributed by atoms with Crippen LogP contribution in [0.1, 0.15) is 96.4 Å². The highest BCUT2D eigenvalue weighted by Gasteiger charge is 2.33. The molecule has 6 fully saturated rings. The Bertz CT molecular complexity index is 3100. The van der Waals surface area contributed by atoms with Crippen molar-refractivity contribution in [2.45, 2.75) is 117 Å². The minimum atomic E-state index is -0.491. The summed E-state index contributed by atoms with van der Waals surface area (Å²) < 4.78 is 23.3. The van der Waals surface area contributed by atoms with Crippen LogP contribution in [0.4, 0.5) is 16.2 Å².